The molecule has 3 aliphatic rings. The first kappa shape index (κ1) is 25.0. The van der Waals surface area contributed by atoms with Crippen LogP contribution < -0.4 is 16.0 Å². The van der Waals surface area contributed by atoms with E-state index in [2.05, 4.69) is 64.2 Å². The van der Waals surface area contributed by atoms with Gasteiger partial charge in [-0.2, -0.15) is 0 Å². The topological polar surface area (TPSA) is 64.8 Å². The first-order valence-corrected chi connectivity index (χ1v) is 13.6. The molecular formula is C30H41N5O. The van der Waals surface area contributed by atoms with E-state index in [9.17, 15) is 4.79 Å². The van der Waals surface area contributed by atoms with Crippen LogP contribution in [0.2, 0.25) is 0 Å². The highest BCUT2D eigenvalue weighted by Crippen LogP contribution is 2.34. The number of nitrogens with zero attached hydrogens (tertiary/aromatic N) is 3. The van der Waals surface area contributed by atoms with Crippen molar-refractivity contribution in [1.82, 2.24) is 15.1 Å². The van der Waals surface area contributed by atoms with Crippen molar-refractivity contribution in [1.29, 1.82) is 0 Å². The van der Waals surface area contributed by atoms with Gasteiger partial charge in [0.15, 0.2) is 0 Å². The molecule has 2 saturated heterocycles. The van der Waals surface area contributed by atoms with Gasteiger partial charge in [-0.1, -0.05) is 24.3 Å². The highest BCUT2D eigenvalue weighted by Gasteiger charge is 2.22. The standard InChI is InChI=1S/C30H41N5O/c1-22(2)34-16-14-33(15-17-34)13-10-32-28-8-11-35(12-9-28)29-5-3-4-23(21-29)26-18-24-6-7-25(30(31)36)19-27(24)20-26/h3-7,19-22,28,32H,8-18H2,1-2H3,(H2,31,36). The lowest BCUT2D eigenvalue weighted by atomic mass is 10.0. The Labute approximate surface area is 216 Å². The fourth-order valence-corrected chi connectivity index (χ4v) is 5.85. The van der Waals surface area contributed by atoms with Gasteiger partial charge in [-0.3, -0.25) is 14.6 Å². The number of carbonyl (C=O) groups is 1. The summed E-state index contributed by atoms with van der Waals surface area (Å²) in [7, 11) is 0. The van der Waals surface area contributed by atoms with Crippen LogP contribution in [0.25, 0.3) is 11.6 Å². The molecule has 2 heterocycles. The molecule has 6 nitrogen and oxygen atoms in total. The van der Waals surface area contributed by atoms with Gasteiger partial charge in [0.1, 0.15) is 0 Å². The molecule has 1 aliphatic carbocycles. The van der Waals surface area contributed by atoms with E-state index < -0.39 is 0 Å². The van der Waals surface area contributed by atoms with Crippen molar-refractivity contribution in [2.24, 2.45) is 5.73 Å². The van der Waals surface area contributed by atoms with E-state index in [4.69, 9.17) is 5.73 Å². The largest absolute Gasteiger partial charge is 0.371 e. The maximum Gasteiger partial charge on any atom is 0.248 e. The van der Waals surface area contributed by atoms with Crippen LogP contribution >= 0.6 is 0 Å². The predicted molar refractivity (Wildman–Crippen MR) is 149 cm³/mol. The van der Waals surface area contributed by atoms with Crippen LogP contribution in [0, 0.1) is 0 Å². The molecule has 1 amide bonds. The van der Waals surface area contributed by atoms with Gasteiger partial charge in [0, 0.05) is 75.7 Å². The quantitative estimate of drug-likeness (QED) is 0.597. The number of nitrogens with two attached hydrogens (primary N) is 1. The van der Waals surface area contributed by atoms with Gasteiger partial charge in [0.2, 0.25) is 5.91 Å². The summed E-state index contributed by atoms with van der Waals surface area (Å²) in [4.78, 5) is 19.3. The van der Waals surface area contributed by atoms with Crippen molar-refractivity contribution < 1.29 is 4.79 Å². The fraction of sp³-hybridized carbons (Fsp3) is 0.500. The Morgan fingerprint density at radius 3 is 2.53 bits per heavy atom. The number of hydrogen-bond acceptors (Lipinski definition) is 5. The number of piperidine rings is 1. The van der Waals surface area contributed by atoms with Gasteiger partial charge >= 0.3 is 0 Å². The van der Waals surface area contributed by atoms with Crippen LogP contribution in [0.4, 0.5) is 5.69 Å². The molecule has 0 spiro atoms. The summed E-state index contributed by atoms with van der Waals surface area (Å²) in [6.07, 6.45) is 5.49. The number of amides is 1. The molecular weight excluding hydrogens is 446 g/mol. The molecule has 2 fully saturated rings. The van der Waals surface area contributed by atoms with Crippen molar-refractivity contribution in [2.75, 3.05) is 57.3 Å². The van der Waals surface area contributed by atoms with E-state index >= 15 is 0 Å². The highest BCUT2D eigenvalue weighted by atomic mass is 16.1. The van der Waals surface area contributed by atoms with Crippen LogP contribution in [-0.2, 0) is 6.42 Å². The number of rotatable bonds is 8. The summed E-state index contributed by atoms with van der Waals surface area (Å²) in [5, 5.41) is 3.83. The van der Waals surface area contributed by atoms with Gasteiger partial charge in [0.25, 0.3) is 0 Å². The lowest BCUT2D eigenvalue weighted by Crippen LogP contribution is -2.51. The number of primary amides is 1. The number of benzene rings is 2. The number of allylic oxidation sites excluding steroid dienone is 1. The molecule has 0 atom stereocenters. The minimum Gasteiger partial charge on any atom is -0.371 e. The Bertz CT molecular complexity index is 1090. The Balaban J connectivity index is 1.10. The van der Waals surface area contributed by atoms with E-state index in [1.807, 2.05) is 18.2 Å². The molecule has 3 N–H and O–H groups in total. The monoisotopic (exact) mass is 487 g/mol. The molecule has 0 aromatic heterocycles. The molecule has 0 saturated carbocycles. The number of hydrogen-bond donors (Lipinski definition) is 2. The van der Waals surface area contributed by atoms with Crippen LogP contribution in [0.3, 0.4) is 0 Å². The highest BCUT2D eigenvalue weighted by molar-refractivity contribution is 5.96. The van der Waals surface area contributed by atoms with Gasteiger partial charge in [-0.15, -0.1) is 0 Å². The summed E-state index contributed by atoms with van der Waals surface area (Å²) < 4.78 is 0. The smallest absolute Gasteiger partial charge is 0.248 e. The van der Waals surface area contributed by atoms with Crippen molar-refractivity contribution in [2.45, 2.75) is 45.2 Å². The minimum atomic E-state index is -0.371. The molecule has 2 aliphatic heterocycles. The summed E-state index contributed by atoms with van der Waals surface area (Å²) >= 11 is 0. The van der Waals surface area contributed by atoms with E-state index in [1.165, 1.54) is 61.4 Å². The second kappa shape index (κ2) is 11.2. The fourth-order valence-electron chi connectivity index (χ4n) is 5.85. The first-order chi connectivity index (χ1) is 17.5. The van der Waals surface area contributed by atoms with Crippen molar-refractivity contribution in [3.63, 3.8) is 0 Å². The molecule has 2 aromatic carbocycles. The summed E-state index contributed by atoms with van der Waals surface area (Å²) in [5.41, 5.74) is 12.3. The van der Waals surface area contributed by atoms with Gasteiger partial charge in [0.05, 0.1) is 0 Å². The molecule has 36 heavy (non-hydrogen) atoms. The molecule has 192 valence electrons. The van der Waals surface area contributed by atoms with Crippen molar-refractivity contribution in [3.05, 3.63) is 64.7 Å². The summed E-state index contributed by atoms with van der Waals surface area (Å²) in [6, 6.07) is 16.0. The second-order valence-electron chi connectivity index (χ2n) is 10.9. The third kappa shape index (κ3) is 5.83. The van der Waals surface area contributed by atoms with Gasteiger partial charge < -0.3 is 16.0 Å². The van der Waals surface area contributed by atoms with Crippen LogP contribution in [-0.4, -0.2) is 80.1 Å². The molecule has 6 heteroatoms. The Kier molecular flexibility index (Phi) is 7.75. The number of fused-ring (bicyclic) bond motifs is 1. The van der Waals surface area contributed by atoms with E-state index in [0.29, 0.717) is 17.6 Å². The normalized spacial score (nSPS) is 19.5. The Morgan fingerprint density at radius 1 is 1.03 bits per heavy atom. The minimum absolute atomic E-state index is 0.371. The van der Waals surface area contributed by atoms with Crippen molar-refractivity contribution >= 4 is 23.2 Å². The average molecular weight is 488 g/mol. The Hall–Kier alpha value is -2.67. The van der Waals surface area contributed by atoms with E-state index in [-0.39, 0.29) is 5.91 Å². The predicted octanol–water partition coefficient (Wildman–Crippen LogP) is 3.47. The van der Waals surface area contributed by atoms with Gasteiger partial charge in [-0.05, 0) is 79.6 Å². The average Bonchev–Trinajstić information content (AvgIpc) is 3.33. The summed E-state index contributed by atoms with van der Waals surface area (Å²) in [5.74, 6) is -0.371. The third-order valence-corrected chi connectivity index (χ3v) is 8.22. The molecule has 2 aromatic rings. The van der Waals surface area contributed by atoms with Crippen LogP contribution in [0.15, 0.2) is 42.5 Å². The zero-order valence-corrected chi connectivity index (χ0v) is 21.9. The molecule has 0 bridgehead atoms. The molecule has 0 radical (unpaired) electrons. The maximum absolute atomic E-state index is 11.5. The number of nitrogens with one attached hydrogen (secondary N) is 1. The zero-order valence-electron chi connectivity index (χ0n) is 21.9. The van der Waals surface area contributed by atoms with Crippen molar-refractivity contribution in [3.8, 4) is 0 Å². The SMILES string of the molecule is CC(C)N1CCN(CCNC2CCN(c3cccc(C4=Cc5cc(C(N)=O)ccc5C4)c3)CC2)CC1. The first-order valence-electron chi connectivity index (χ1n) is 13.6. The lowest BCUT2D eigenvalue weighted by Gasteiger charge is -2.37. The molecule has 0 unspecified atom stereocenters. The second-order valence-corrected chi connectivity index (χ2v) is 10.9. The van der Waals surface area contributed by atoms with E-state index in [1.54, 1.807) is 0 Å². The van der Waals surface area contributed by atoms with E-state index in [0.717, 1.165) is 38.2 Å². The Morgan fingerprint density at radius 2 is 1.81 bits per heavy atom. The number of anilines is 1. The maximum atomic E-state index is 11.5. The third-order valence-electron chi connectivity index (χ3n) is 8.22. The van der Waals surface area contributed by atoms with Gasteiger partial charge in [-0.25, -0.2) is 0 Å². The molecule has 5 rings (SSSR count). The number of piperazine rings is 1. The number of carbonyl (C=O) groups excluding carboxylic acids is 1. The lowest BCUT2D eigenvalue weighted by molar-refractivity contribution is 0.1000. The summed E-state index contributed by atoms with van der Waals surface area (Å²) in [6.45, 7) is 13.8. The zero-order chi connectivity index (χ0) is 25.1. The van der Waals surface area contributed by atoms with Crippen LogP contribution in [0.5, 0.6) is 0 Å². The van der Waals surface area contributed by atoms with Crippen LogP contribution in [0.1, 0.15) is 53.7 Å².